The van der Waals surface area contributed by atoms with Gasteiger partial charge in [0.15, 0.2) is 0 Å². The molecule has 0 spiro atoms. The molecule has 20 heavy (non-hydrogen) atoms. The van der Waals surface area contributed by atoms with Crippen LogP contribution in [0, 0.1) is 5.82 Å². The fourth-order valence-corrected chi connectivity index (χ4v) is 2.70. The molecule has 2 aromatic carbocycles. The van der Waals surface area contributed by atoms with Crippen LogP contribution in [0.15, 0.2) is 42.5 Å². The third kappa shape index (κ3) is 2.37. The van der Waals surface area contributed by atoms with Crippen molar-refractivity contribution in [1.29, 1.82) is 0 Å². The molecule has 0 saturated heterocycles. The number of nitrogens with two attached hydrogens (primary N) is 1. The van der Waals surface area contributed by atoms with Crippen molar-refractivity contribution in [3.05, 3.63) is 65.0 Å². The minimum absolute atomic E-state index is 0.147. The zero-order valence-electron chi connectivity index (χ0n) is 10.9. The number of nitrogens with one attached hydrogen (secondary N) is 1. The van der Waals surface area contributed by atoms with Gasteiger partial charge in [-0.25, -0.2) is 4.39 Å². The van der Waals surface area contributed by atoms with Crippen LogP contribution in [-0.4, -0.2) is 5.91 Å². The number of rotatable bonds is 3. The quantitative estimate of drug-likeness (QED) is 0.900. The minimum atomic E-state index is -0.442. The number of benzene rings is 2. The summed E-state index contributed by atoms with van der Waals surface area (Å²) in [6.07, 6.45) is 1.78. The van der Waals surface area contributed by atoms with Crippen LogP contribution in [0.4, 0.5) is 10.1 Å². The van der Waals surface area contributed by atoms with Crippen molar-refractivity contribution >= 4 is 11.6 Å². The Morgan fingerprint density at radius 1 is 1.25 bits per heavy atom. The molecule has 0 saturated carbocycles. The number of carbonyl (C=O) groups is 1. The highest BCUT2D eigenvalue weighted by atomic mass is 19.1. The maximum atomic E-state index is 13.2. The second-order valence-electron chi connectivity index (χ2n) is 5.02. The highest BCUT2D eigenvalue weighted by molar-refractivity contribution is 5.93. The van der Waals surface area contributed by atoms with E-state index >= 15 is 0 Å². The smallest absolute Gasteiger partial charge is 0.248 e. The van der Waals surface area contributed by atoms with E-state index in [0.29, 0.717) is 5.56 Å². The number of fused-ring (bicyclic) bond motifs is 1. The van der Waals surface area contributed by atoms with Gasteiger partial charge in [0.1, 0.15) is 5.82 Å². The van der Waals surface area contributed by atoms with E-state index in [1.165, 1.54) is 6.07 Å². The van der Waals surface area contributed by atoms with Gasteiger partial charge in [0, 0.05) is 11.3 Å². The molecule has 0 radical (unpaired) electrons. The molecule has 3 N–H and O–H groups in total. The summed E-state index contributed by atoms with van der Waals surface area (Å²) in [4.78, 5) is 11.2. The molecule has 0 heterocycles. The zero-order valence-corrected chi connectivity index (χ0v) is 10.9. The number of carbonyl (C=O) groups excluding carboxylic acids is 1. The molecule has 0 fully saturated rings. The Morgan fingerprint density at radius 3 is 2.90 bits per heavy atom. The topological polar surface area (TPSA) is 55.1 Å². The lowest BCUT2D eigenvalue weighted by Gasteiger charge is -2.16. The first-order valence-corrected chi connectivity index (χ1v) is 6.58. The van der Waals surface area contributed by atoms with Gasteiger partial charge in [-0.05, 0) is 54.3 Å². The third-order valence-corrected chi connectivity index (χ3v) is 3.67. The Morgan fingerprint density at radius 2 is 2.10 bits per heavy atom. The number of hydrogen-bond donors (Lipinski definition) is 2. The number of anilines is 1. The lowest BCUT2D eigenvalue weighted by molar-refractivity contribution is 0.100. The van der Waals surface area contributed by atoms with Gasteiger partial charge in [0.25, 0.3) is 0 Å². The molecule has 2 aromatic rings. The minimum Gasteiger partial charge on any atom is -0.378 e. The van der Waals surface area contributed by atoms with Crippen molar-refractivity contribution in [2.24, 2.45) is 5.73 Å². The summed E-state index contributed by atoms with van der Waals surface area (Å²) in [5.74, 6) is -0.636. The largest absolute Gasteiger partial charge is 0.378 e. The highest BCUT2D eigenvalue weighted by Gasteiger charge is 2.22. The monoisotopic (exact) mass is 270 g/mol. The molecule has 102 valence electrons. The van der Waals surface area contributed by atoms with E-state index in [1.807, 2.05) is 12.1 Å². The first kappa shape index (κ1) is 12.7. The lowest BCUT2D eigenvalue weighted by Crippen LogP contribution is -2.12. The van der Waals surface area contributed by atoms with Crippen molar-refractivity contribution < 1.29 is 9.18 Å². The van der Waals surface area contributed by atoms with Crippen LogP contribution in [0.2, 0.25) is 0 Å². The van der Waals surface area contributed by atoms with E-state index in [2.05, 4.69) is 5.32 Å². The van der Waals surface area contributed by atoms with Crippen LogP contribution in [0.5, 0.6) is 0 Å². The van der Waals surface area contributed by atoms with Gasteiger partial charge in [-0.15, -0.1) is 0 Å². The Hall–Kier alpha value is -2.36. The molecule has 1 atom stereocenters. The molecule has 1 unspecified atom stereocenters. The molecule has 0 bridgehead atoms. The average Bonchev–Trinajstić information content (AvgIpc) is 2.81. The van der Waals surface area contributed by atoms with Crippen LogP contribution in [0.3, 0.4) is 0 Å². The molecule has 4 heteroatoms. The van der Waals surface area contributed by atoms with Crippen molar-refractivity contribution in [2.75, 3.05) is 5.32 Å². The van der Waals surface area contributed by atoms with Crippen LogP contribution < -0.4 is 11.1 Å². The summed E-state index contributed by atoms with van der Waals surface area (Å²) in [7, 11) is 0. The Balaban J connectivity index is 1.84. The van der Waals surface area contributed by atoms with Crippen LogP contribution in [0.1, 0.15) is 33.9 Å². The first-order chi connectivity index (χ1) is 9.63. The number of hydrogen-bond acceptors (Lipinski definition) is 2. The fourth-order valence-electron chi connectivity index (χ4n) is 2.70. The van der Waals surface area contributed by atoms with Gasteiger partial charge in [-0.3, -0.25) is 4.79 Å². The Kier molecular flexibility index (Phi) is 3.14. The molecule has 3 nitrogen and oxygen atoms in total. The van der Waals surface area contributed by atoms with Crippen LogP contribution >= 0.6 is 0 Å². The summed E-state index contributed by atoms with van der Waals surface area (Å²) < 4.78 is 13.2. The highest BCUT2D eigenvalue weighted by Crippen LogP contribution is 2.34. The molecule has 1 aliphatic carbocycles. The first-order valence-electron chi connectivity index (χ1n) is 6.58. The summed E-state index contributed by atoms with van der Waals surface area (Å²) in [5, 5.41) is 3.38. The molecule has 1 amide bonds. The van der Waals surface area contributed by atoms with Gasteiger partial charge in [0.2, 0.25) is 5.91 Å². The molecule has 0 aromatic heterocycles. The van der Waals surface area contributed by atoms with Crippen LogP contribution in [-0.2, 0) is 6.42 Å². The van der Waals surface area contributed by atoms with E-state index < -0.39 is 5.91 Å². The fraction of sp³-hybridized carbons (Fsp3) is 0.188. The van der Waals surface area contributed by atoms with Gasteiger partial charge >= 0.3 is 0 Å². The summed E-state index contributed by atoms with van der Waals surface area (Å²) in [5.41, 5.74) is 8.78. The molecular formula is C16H15FN2O. The van der Waals surface area contributed by atoms with E-state index in [0.717, 1.165) is 29.7 Å². The van der Waals surface area contributed by atoms with Crippen molar-refractivity contribution in [2.45, 2.75) is 18.9 Å². The maximum absolute atomic E-state index is 13.2. The summed E-state index contributed by atoms with van der Waals surface area (Å²) >= 11 is 0. The normalized spacial score (nSPS) is 16.8. The van der Waals surface area contributed by atoms with Crippen molar-refractivity contribution in [3.63, 3.8) is 0 Å². The number of primary amides is 1. The Labute approximate surface area is 116 Å². The molecule has 1 aliphatic rings. The van der Waals surface area contributed by atoms with E-state index in [4.69, 9.17) is 5.73 Å². The predicted octanol–water partition coefficient (Wildman–Crippen LogP) is 3.02. The number of halogens is 1. The molecule has 3 rings (SSSR count). The number of aryl methyl sites for hydroxylation is 1. The van der Waals surface area contributed by atoms with Gasteiger partial charge in [-0.2, -0.15) is 0 Å². The Bertz CT molecular complexity index is 669. The maximum Gasteiger partial charge on any atom is 0.248 e. The van der Waals surface area contributed by atoms with Gasteiger partial charge < -0.3 is 11.1 Å². The third-order valence-electron chi connectivity index (χ3n) is 3.67. The predicted molar refractivity (Wildman–Crippen MR) is 76.0 cm³/mol. The van der Waals surface area contributed by atoms with Crippen molar-refractivity contribution in [1.82, 2.24) is 0 Å². The summed E-state index contributed by atoms with van der Waals surface area (Å²) in [6, 6.07) is 12.2. The van der Waals surface area contributed by atoms with E-state index in [9.17, 15) is 9.18 Å². The average molecular weight is 270 g/mol. The standard InChI is InChI=1S/C16H15FN2O/c17-12-5-6-14-10(8-12)4-7-15(14)19-13-3-1-2-11(9-13)16(18)20/h1-3,5-6,8-9,15,19H,4,7H2,(H2,18,20). The van der Waals surface area contributed by atoms with E-state index in [1.54, 1.807) is 24.3 Å². The van der Waals surface area contributed by atoms with Crippen LogP contribution in [0.25, 0.3) is 0 Å². The SMILES string of the molecule is NC(=O)c1cccc(NC2CCc3cc(F)ccc32)c1. The van der Waals surface area contributed by atoms with Gasteiger partial charge in [-0.1, -0.05) is 12.1 Å². The zero-order chi connectivity index (χ0) is 14.1. The van der Waals surface area contributed by atoms with E-state index in [-0.39, 0.29) is 11.9 Å². The van der Waals surface area contributed by atoms with Crippen molar-refractivity contribution in [3.8, 4) is 0 Å². The van der Waals surface area contributed by atoms with Gasteiger partial charge in [0.05, 0.1) is 6.04 Å². The summed E-state index contributed by atoms with van der Waals surface area (Å²) in [6.45, 7) is 0. The number of amides is 1. The lowest BCUT2D eigenvalue weighted by atomic mass is 10.1. The molecular weight excluding hydrogens is 255 g/mol. The second-order valence-corrected chi connectivity index (χ2v) is 5.02. The second kappa shape index (κ2) is 4.96. The molecule has 0 aliphatic heterocycles.